The van der Waals surface area contributed by atoms with Crippen LogP contribution in [0.25, 0.3) is 0 Å². The van der Waals surface area contributed by atoms with Gasteiger partial charge in [-0.05, 0) is 11.6 Å². The summed E-state index contributed by atoms with van der Waals surface area (Å²) in [4.78, 5) is 3.78. The van der Waals surface area contributed by atoms with Gasteiger partial charge in [-0.2, -0.15) is 5.26 Å². The van der Waals surface area contributed by atoms with Crippen molar-refractivity contribution in [3.63, 3.8) is 0 Å². The number of hydrogen-bond acceptors (Lipinski definition) is 2. The van der Waals surface area contributed by atoms with Crippen molar-refractivity contribution in [1.82, 2.24) is 4.98 Å². The van der Waals surface area contributed by atoms with Gasteiger partial charge in [0.25, 0.3) is 0 Å². The number of alkyl halides is 1. The molecule has 2 nitrogen and oxygen atoms in total. The van der Waals surface area contributed by atoms with Crippen molar-refractivity contribution in [2.45, 2.75) is 5.88 Å². The first-order valence-electron chi connectivity index (χ1n) is 2.77. The summed E-state index contributed by atoms with van der Waals surface area (Å²) in [6.07, 6.45) is 3.14. The number of aromatic nitrogens is 1. The highest BCUT2D eigenvalue weighted by atomic mass is 35.5. The van der Waals surface area contributed by atoms with Crippen molar-refractivity contribution in [1.29, 1.82) is 5.26 Å². The van der Waals surface area contributed by atoms with Gasteiger partial charge in [-0.25, -0.2) is 0 Å². The molecule has 0 aromatic carbocycles. The lowest BCUT2D eigenvalue weighted by atomic mass is 10.2. The fourth-order valence-electron chi connectivity index (χ4n) is 0.640. The predicted molar refractivity (Wildman–Crippen MR) is 45.8 cm³/mol. The molecular formula is C7H6Cl2N2. The van der Waals surface area contributed by atoms with Crippen LogP contribution in [-0.4, -0.2) is 4.98 Å². The van der Waals surface area contributed by atoms with Gasteiger partial charge in [-0.3, -0.25) is 4.98 Å². The Labute approximate surface area is 76.2 Å². The molecule has 0 atom stereocenters. The van der Waals surface area contributed by atoms with Gasteiger partial charge in [0.05, 0.1) is 5.56 Å². The van der Waals surface area contributed by atoms with Crippen LogP contribution in [0.15, 0.2) is 18.5 Å². The molecule has 58 valence electrons. The lowest BCUT2D eigenvalue weighted by Gasteiger charge is -1.94. The zero-order chi connectivity index (χ0) is 7.40. The summed E-state index contributed by atoms with van der Waals surface area (Å²) in [7, 11) is 0. The molecule has 0 aliphatic rings. The summed E-state index contributed by atoms with van der Waals surface area (Å²) in [5.74, 6) is 0.366. The maximum absolute atomic E-state index is 8.50. The SMILES string of the molecule is Cl.N#Cc1cnccc1CCl. The summed E-state index contributed by atoms with van der Waals surface area (Å²) < 4.78 is 0. The normalized spacial score (nSPS) is 8.00. The molecule has 0 unspecified atom stereocenters. The third-order valence-electron chi connectivity index (χ3n) is 1.18. The minimum atomic E-state index is 0. The van der Waals surface area contributed by atoms with Crippen molar-refractivity contribution < 1.29 is 0 Å². The quantitative estimate of drug-likeness (QED) is 0.634. The van der Waals surface area contributed by atoms with Gasteiger partial charge >= 0.3 is 0 Å². The van der Waals surface area contributed by atoms with Crippen molar-refractivity contribution in [3.8, 4) is 6.07 Å². The van der Waals surface area contributed by atoms with E-state index in [2.05, 4.69) is 4.98 Å². The molecule has 0 amide bonds. The summed E-state index contributed by atoms with van der Waals surface area (Å²) in [5, 5.41) is 8.50. The maximum Gasteiger partial charge on any atom is 0.101 e. The second-order valence-electron chi connectivity index (χ2n) is 1.78. The van der Waals surface area contributed by atoms with Crippen LogP contribution in [0, 0.1) is 11.3 Å². The molecule has 11 heavy (non-hydrogen) atoms. The van der Waals surface area contributed by atoms with Crippen LogP contribution in [0.5, 0.6) is 0 Å². The lowest BCUT2D eigenvalue weighted by molar-refractivity contribution is 1.24. The van der Waals surface area contributed by atoms with E-state index in [9.17, 15) is 0 Å². The van der Waals surface area contributed by atoms with E-state index in [0.717, 1.165) is 5.56 Å². The summed E-state index contributed by atoms with van der Waals surface area (Å²) in [6.45, 7) is 0. The van der Waals surface area contributed by atoms with E-state index in [1.807, 2.05) is 6.07 Å². The zero-order valence-electron chi connectivity index (χ0n) is 5.62. The molecule has 0 saturated carbocycles. The molecule has 0 aliphatic heterocycles. The van der Waals surface area contributed by atoms with Crippen molar-refractivity contribution in [2.75, 3.05) is 0 Å². The minimum absolute atomic E-state index is 0. The monoisotopic (exact) mass is 188 g/mol. The second kappa shape index (κ2) is 4.95. The van der Waals surface area contributed by atoms with E-state index in [1.54, 1.807) is 12.3 Å². The summed E-state index contributed by atoms with van der Waals surface area (Å²) in [6, 6.07) is 3.74. The molecule has 1 heterocycles. The van der Waals surface area contributed by atoms with Crippen molar-refractivity contribution in [3.05, 3.63) is 29.6 Å². The molecule has 1 aromatic rings. The van der Waals surface area contributed by atoms with E-state index >= 15 is 0 Å². The number of nitriles is 1. The van der Waals surface area contributed by atoms with Crippen LogP contribution in [0.4, 0.5) is 0 Å². The molecular weight excluding hydrogens is 183 g/mol. The third kappa shape index (κ3) is 2.38. The van der Waals surface area contributed by atoms with E-state index in [-0.39, 0.29) is 12.4 Å². The molecule has 0 radical (unpaired) electrons. The smallest absolute Gasteiger partial charge is 0.101 e. The first-order valence-corrected chi connectivity index (χ1v) is 3.31. The zero-order valence-corrected chi connectivity index (χ0v) is 7.19. The molecule has 0 aliphatic carbocycles. The van der Waals surface area contributed by atoms with Crippen LogP contribution >= 0.6 is 24.0 Å². The molecule has 0 fully saturated rings. The molecule has 4 heteroatoms. The lowest BCUT2D eigenvalue weighted by Crippen LogP contribution is -1.85. The molecule has 0 spiro atoms. The average Bonchev–Trinajstić information content (AvgIpc) is 2.04. The number of halogens is 2. The Hall–Kier alpha value is -0.780. The Bertz CT molecular complexity index is 267. The van der Waals surface area contributed by atoms with Crippen LogP contribution in [0.3, 0.4) is 0 Å². The molecule has 1 rings (SSSR count). The van der Waals surface area contributed by atoms with Crippen molar-refractivity contribution >= 4 is 24.0 Å². The second-order valence-corrected chi connectivity index (χ2v) is 2.05. The van der Waals surface area contributed by atoms with Gasteiger partial charge in [0.1, 0.15) is 6.07 Å². The fraction of sp³-hybridized carbons (Fsp3) is 0.143. The van der Waals surface area contributed by atoms with E-state index < -0.39 is 0 Å². The van der Waals surface area contributed by atoms with Gasteiger partial charge in [0.2, 0.25) is 0 Å². The maximum atomic E-state index is 8.50. The Balaban J connectivity index is 0.000001000. The molecule has 0 bridgehead atoms. The fourth-order valence-corrected chi connectivity index (χ4v) is 0.874. The molecule has 1 aromatic heterocycles. The topological polar surface area (TPSA) is 36.7 Å². The van der Waals surface area contributed by atoms with Gasteiger partial charge in [0.15, 0.2) is 0 Å². The van der Waals surface area contributed by atoms with Gasteiger partial charge in [-0.15, -0.1) is 24.0 Å². The summed E-state index contributed by atoms with van der Waals surface area (Å²) >= 11 is 5.53. The predicted octanol–water partition coefficient (Wildman–Crippen LogP) is 2.11. The van der Waals surface area contributed by atoms with Crippen LogP contribution in [0.1, 0.15) is 11.1 Å². The Kier molecular flexibility index (Phi) is 4.60. The Morgan fingerprint density at radius 1 is 1.64 bits per heavy atom. The number of hydrogen-bond donors (Lipinski definition) is 0. The highest BCUT2D eigenvalue weighted by Gasteiger charge is 1.96. The van der Waals surface area contributed by atoms with Crippen LogP contribution in [-0.2, 0) is 5.88 Å². The third-order valence-corrected chi connectivity index (χ3v) is 1.46. The first-order chi connectivity index (χ1) is 4.88. The minimum Gasteiger partial charge on any atom is -0.263 e. The first kappa shape index (κ1) is 10.2. The largest absolute Gasteiger partial charge is 0.263 e. The average molecular weight is 189 g/mol. The highest BCUT2D eigenvalue weighted by molar-refractivity contribution is 6.17. The number of nitrogens with zero attached hydrogens (tertiary/aromatic N) is 2. The number of rotatable bonds is 1. The van der Waals surface area contributed by atoms with Crippen LogP contribution < -0.4 is 0 Å². The van der Waals surface area contributed by atoms with E-state index in [4.69, 9.17) is 16.9 Å². The van der Waals surface area contributed by atoms with E-state index in [1.165, 1.54) is 6.20 Å². The van der Waals surface area contributed by atoms with Gasteiger partial charge in [0, 0.05) is 18.3 Å². The molecule has 0 N–H and O–H groups in total. The van der Waals surface area contributed by atoms with Gasteiger partial charge < -0.3 is 0 Å². The standard InChI is InChI=1S/C7H5ClN2.ClH/c8-3-6-1-2-10-5-7(6)4-9;/h1-2,5H,3H2;1H. The Morgan fingerprint density at radius 2 is 2.36 bits per heavy atom. The van der Waals surface area contributed by atoms with Crippen LogP contribution in [0.2, 0.25) is 0 Å². The van der Waals surface area contributed by atoms with Gasteiger partial charge in [-0.1, -0.05) is 0 Å². The van der Waals surface area contributed by atoms with Crippen molar-refractivity contribution in [2.24, 2.45) is 0 Å². The molecule has 0 saturated heterocycles. The van der Waals surface area contributed by atoms with E-state index in [0.29, 0.717) is 11.4 Å². The highest BCUT2D eigenvalue weighted by Crippen LogP contribution is 2.07. The Morgan fingerprint density at radius 3 is 2.82 bits per heavy atom. The summed E-state index contributed by atoms with van der Waals surface area (Å²) in [5.41, 5.74) is 1.39. The number of pyridine rings is 1.